The van der Waals surface area contributed by atoms with E-state index in [2.05, 4.69) is 64.6 Å². The SMILES string of the molecule is C[C@@H](Sc1ncn[nH]1)c1cccc2ccccc12. The molecule has 0 radical (unpaired) electrons. The summed E-state index contributed by atoms with van der Waals surface area (Å²) in [5, 5.41) is 10.5. The molecule has 3 aromatic rings. The molecule has 0 saturated heterocycles. The van der Waals surface area contributed by atoms with Crippen molar-refractivity contribution >= 4 is 22.5 Å². The number of rotatable bonds is 3. The second-order valence-corrected chi connectivity index (χ2v) is 5.45. The van der Waals surface area contributed by atoms with Crippen molar-refractivity contribution in [2.24, 2.45) is 0 Å². The molecule has 0 spiro atoms. The van der Waals surface area contributed by atoms with Crippen LogP contribution in [-0.2, 0) is 0 Å². The molecule has 4 heteroatoms. The molecule has 0 amide bonds. The number of H-pyrrole nitrogens is 1. The average molecular weight is 255 g/mol. The van der Waals surface area contributed by atoms with E-state index < -0.39 is 0 Å². The maximum absolute atomic E-state index is 4.16. The second-order valence-electron chi connectivity index (χ2n) is 4.12. The molecule has 1 aromatic heterocycles. The van der Waals surface area contributed by atoms with Crippen molar-refractivity contribution < 1.29 is 0 Å². The van der Waals surface area contributed by atoms with Crippen molar-refractivity contribution in [2.45, 2.75) is 17.3 Å². The zero-order valence-electron chi connectivity index (χ0n) is 10.00. The highest BCUT2D eigenvalue weighted by molar-refractivity contribution is 7.99. The molecule has 0 unspecified atom stereocenters. The van der Waals surface area contributed by atoms with Gasteiger partial charge in [-0.3, -0.25) is 5.10 Å². The molecule has 0 saturated carbocycles. The number of aromatic nitrogens is 3. The van der Waals surface area contributed by atoms with Gasteiger partial charge in [-0.15, -0.1) is 0 Å². The van der Waals surface area contributed by atoms with E-state index in [-0.39, 0.29) is 0 Å². The molecule has 3 nitrogen and oxygen atoms in total. The Morgan fingerprint density at radius 3 is 2.78 bits per heavy atom. The van der Waals surface area contributed by atoms with Gasteiger partial charge in [-0.2, -0.15) is 5.10 Å². The summed E-state index contributed by atoms with van der Waals surface area (Å²) >= 11 is 1.69. The van der Waals surface area contributed by atoms with E-state index in [9.17, 15) is 0 Å². The Morgan fingerprint density at radius 2 is 1.94 bits per heavy atom. The highest BCUT2D eigenvalue weighted by Crippen LogP contribution is 2.35. The molecule has 90 valence electrons. The number of benzene rings is 2. The first-order valence-electron chi connectivity index (χ1n) is 5.84. The summed E-state index contributed by atoms with van der Waals surface area (Å²) in [4.78, 5) is 4.16. The molecule has 3 rings (SSSR count). The Morgan fingerprint density at radius 1 is 1.11 bits per heavy atom. The van der Waals surface area contributed by atoms with Gasteiger partial charge in [-0.1, -0.05) is 54.2 Å². The lowest BCUT2D eigenvalue weighted by atomic mass is 10.0. The third-order valence-electron chi connectivity index (χ3n) is 2.94. The lowest BCUT2D eigenvalue weighted by Crippen LogP contribution is -1.91. The third-order valence-corrected chi connectivity index (χ3v) is 3.97. The molecule has 0 aliphatic carbocycles. The average Bonchev–Trinajstić information content (AvgIpc) is 2.91. The number of hydrogen-bond acceptors (Lipinski definition) is 3. The van der Waals surface area contributed by atoms with Gasteiger partial charge >= 0.3 is 0 Å². The van der Waals surface area contributed by atoms with Crippen LogP contribution < -0.4 is 0 Å². The predicted octanol–water partition coefficient (Wildman–Crippen LogP) is 3.81. The van der Waals surface area contributed by atoms with Gasteiger partial charge in [0.25, 0.3) is 0 Å². The van der Waals surface area contributed by atoms with Crippen molar-refractivity contribution in [1.82, 2.24) is 15.2 Å². The monoisotopic (exact) mass is 255 g/mol. The van der Waals surface area contributed by atoms with E-state index in [1.54, 1.807) is 11.8 Å². The lowest BCUT2D eigenvalue weighted by molar-refractivity contribution is 0.961. The zero-order valence-corrected chi connectivity index (χ0v) is 10.8. The molecule has 1 atom stereocenters. The summed E-state index contributed by atoms with van der Waals surface area (Å²) in [6.45, 7) is 2.19. The maximum Gasteiger partial charge on any atom is 0.183 e. The molecular weight excluding hydrogens is 242 g/mol. The molecule has 1 N–H and O–H groups in total. The number of thioether (sulfide) groups is 1. The van der Waals surface area contributed by atoms with Gasteiger partial charge in [0.05, 0.1) is 0 Å². The van der Waals surface area contributed by atoms with E-state index in [0.29, 0.717) is 5.25 Å². The first-order valence-corrected chi connectivity index (χ1v) is 6.72. The molecule has 0 fully saturated rings. The fourth-order valence-electron chi connectivity index (χ4n) is 2.09. The number of fused-ring (bicyclic) bond motifs is 1. The number of aromatic amines is 1. The summed E-state index contributed by atoms with van der Waals surface area (Å²) in [6, 6.07) is 14.9. The van der Waals surface area contributed by atoms with Crippen LogP contribution in [-0.4, -0.2) is 15.2 Å². The molecule has 0 aliphatic rings. The van der Waals surface area contributed by atoms with Gasteiger partial charge in [-0.05, 0) is 23.3 Å². The summed E-state index contributed by atoms with van der Waals surface area (Å²) in [7, 11) is 0. The lowest BCUT2D eigenvalue weighted by Gasteiger charge is -2.12. The molecule has 18 heavy (non-hydrogen) atoms. The summed E-state index contributed by atoms with van der Waals surface area (Å²) in [5.41, 5.74) is 1.33. The van der Waals surface area contributed by atoms with Crippen LogP contribution in [0, 0.1) is 0 Å². The minimum atomic E-state index is 0.337. The van der Waals surface area contributed by atoms with E-state index in [0.717, 1.165) is 5.16 Å². The van der Waals surface area contributed by atoms with E-state index in [1.165, 1.54) is 22.7 Å². The number of nitrogens with one attached hydrogen (secondary N) is 1. The smallest absolute Gasteiger partial charge is 0.183 e. The normalized spacial score (nSPS) is 12.7. The molecule has 0 aliphatic heterocycles. The van der Waals surface area contributed by atoms with Crippen LogP contribution in [0.15, 0.2) is 53.9 Å². The van der Waals surface area contributed by atoms with Crippen LogP contribution in [0.25, 0.3) is 10.8 Å². The van der Waals surface area contributed by atoms with E-state index in [1.807, 2.05) is 0 Å². The summed E-state index contributed by atoms with van der Waals surface area (Å²) < 4.78 is 0. The Hall–Kier alpha value is -1.81. The Balaban J connectivity index is 1.98. The van der Waals surface area contributed by atoms with Crippen LogP contribution in [0.3, 0.4) is 0 Å². The largest absolute Gasteiger partial charge is 0.254 e. The van der Waals surface area contributed by atoms with Crippen molar-refractivity contribution in [3.05, 3.63) is 54.4 Å². The maximum atomic E-state index is 4.16. The van der Waals surface area contributed by atoms with Gasteiger partial charge < -0.3 is 0 Å². The second kappa shape index (κ2) is 4.82. The molecule has 0 bridgehead atoms. The minimum absolute atomic E-state index is 0.337. The molecular formula is C14H13N3S. The summed E-state index contributed by atoms with van der Waals surface area (Å²) in [6.07, 6.45) is 1.54. The topological polar surface area (TPSA) is 41.6 Å². The Labute approximate surface area is 110 Å². The fourth-order valence-corrected chi connectivity index (χ4v) is 2.97. The van der Waals surface area contributed by atoms with Crippen LogP contribution in [0.4, 0.5) is 0 Å². The van der Waals surface area contributed by atoms with Gasteiger partial charge in [-0.25, -0.2) is 4.98 Å². The quantitative estimate of drug-likeness (QED) is 0.723. The van der Waals surface area contributed by atoms with Gasteiger partial charge in [0, 0.05) is 5.25 Å². The van der Waals surface area contributed by atoms with Crippen molar-refractivity contribution in [3.8, 4) is 0 Å². The van der Waals surface area contributed by atoms with E-state index >= 15 is 0 Å². The van der Waals surface area contributed by atoms with Crippen LogP contribution >= 0.6 is 11.8 Å². The third kappa shape index (κ3) is 2.11. The Kier molecular flexibility index (Phi) is 3.02. The summed E-state index contributed by atoms with van der Waals surface area (Å²) in [5.74, 6) is 0. The molecule has 2 aromatic carbocycles. The van der Waals surface area contributed by atoms with Crippen LogP contribution in [0.5, 0.6) is 0 Å². The highest BCUT2D eigenvalue weighted by atomic mass is 32.2. The zero-order chi connectivity index (χ0) is 12.4. The van der Waals surface area contributed by atoms with Gasteiger partial charge in [0.15, 0.2) is 5.16 Å². The van der Waals surface area contributed by atoms with E-state index in [4.69, 9.17) is 0 Å². The van der Waals surface area contributed by atoms with Crippen molar-refractivity contribution in [2.75, 3.05) is 0 Å². The van der Waals surface area contributed by atoms with Crippen molar-refractivity contribution in [1.29, 1.82) is 0 Å². The first-order chi connectivity index (χ1) is 8.84. The van der Waals surface area contributed by atoms with Gasteiger partial charge in [0.1, 0.15) is 6.33 Å². The van der Waals surface area contributed by atoms with Gasteiger partial charge in [0.2, 0.25) is 0 Å². The number of nitrogens with zero attached hydrogens (tertiary/aromatic N) is 2. The predicted molar refractivity (Wildman–Crippen MR) is 74.6 cm³/mol. The fraction of sp³-hybridized carbons (Fsp3) is 0.143. The first kappa shape index (κ1) is 11.3. The highest BCUT2D eigenvalue weighted by Gasteiger charge is 2.11. The standard InChI is InChI=1S/C14H13N3S/c1-10(18-14-15-9-16-17-14)12-8-4-6-11-5-2-3-7-13(11)12/h2-10H,1H3,(H,15,16,17)/t10-/m1/s1. The molecule has 1 heterocycles. The van der Waals surface area contributed by atoms with Crippen LogP contribution in [0.2, 0.25) is 0 Å². The number of hydrogen-bond donors (Lipinski definition) is 1. The Bertz CT molecular complexity index is 644. The minimum Gasteiger partial charge on any atom is -0.254 e. The van der Waals surface area contributed by atoms with Crippen LogP contribution in [0.1, 0.15) is 17.7 Å². The van der Waals surface area contributed by atoms with Crippen molar-refractivity contribution in [3.63, 3.8) is 0 Å².